The summed E-state index contributed by atoms with van der Waals surface area (Å²) in [5, 5.41) is 0. The predicted molar refractivity (Wildman–Crippen MR) is 71.9 cm³/mol. The molecule has 0 aromatic heterocycles. The fourth-order valence-corrected chi connectivity index (χ4v) is 3.01. The van der Waals surface area contributed by atoms with Crippen molar-refractivity contribution >= 4 is 25.8 Å². The molecule has 1 atom stereocenters. The van der Waals surface area contributed by atoms with E-state index in [0.29, 0.717) is 5.75 Å². The van der Waals surface area contributed by atoms with Gasteiger partial charge < -0.3 is 10.5 Å². The summed E-state index contributed by atoms with van der Waals surface area (Å²) >= 11 is 3.31. The maximum absolute atomic E-state index is 11.5. The molecule has 96 valence electrons. The smallest absolute Gasteiger partial charge is 0.155 e. The normalized spacial score (nSPS) is 13.4. The Bertz CT molecular complexity index is 460. The maximum atomic E-state index is 11.5. The van der Waals surface area contributed by atoms with Gasteiger partial charge in [0.15, 0.2) is 9.84 Å². The van der Waals surface area contributed by atoms with Crippen molar-refractivity contribution in [3.63, 3.8) is 0 Å². The topological polar surface area (TPSA) is 69.4 Å². The van der Waals surface area contributed by atoms with E-state index in [-0.39, 0.29) is 24.2 Å². The number of nitrogens with two attached hydrogens (primary N) is 1. The Kier molecular flexibility index (Phi) is 5.42. The molecule has 1 unspecified atom stereocenters. The van der Waals surface area contributed by atoms with Crippen LogP contribution in [0.5, 0.6) is 5.75 Å². The predicted octanol–water partition coefficient (Wildman–Crippen LogP) is 1.59. The Balaban J connectivity index is 2.43. The average molecular weight is 322 g/mol. The molecule has 6 heteroatoms. The molecular weight excluding hydrogens is 306 g/mol. The summed E-state index contributed by atoms with van der Waals surface area (Å²) in [4.78, 5) is 0. The van der Waals surface area contributed by atoms with Crippen LogP contribution in [0.25, 0.3) is 0 Å². The molecule has 0 saturated heterocycles. The summed E-state index contributed by atoms with van der Waals surface area (Å²) < 4.78 is 29.3. The molecule has 0 bridgehead atoms. The lowest BCUT2D eigenvalue weighted by Crippen LogP contribution is -2.29. The van der Waals surface area contributed by atoms with E-state index in [1.54, 1.807) is 19.1 Å². The molecule has 0 fully saturated rings. The molecule has 17 heavy (non-hydrogen) atoms. The first kappa shape index (κ1) is 14.5. The molecule has 0 amide bonds. The Morgan fingerprint density at radius 2 is 2.18 bits per heavy atom. The van der Waals surface area contributed by atoms with Crippen molar-refractivity contribution in [1.82, 2.24) is 0 Å². The summed E-state index contributed by atoms with van der Waals surface area (Å²) in [5.74, 6) is 0.631. The molecule has 0 aliphatic carbocycles. The molecule has 0 spiro atoms. The zero-order valence-corrected chi connectivity index (χ0v) is 12.0. The number of halogens is 1. The summed E-state index contributed by atoms with van der Waals surface area (Å²) in [7, 11) is -3.12. The average Bonchev–Trinajstić information content (AvgIpc) is 2.15. The van der Waals surface area contributed by atoms with Crippen molar-refractivity contribution in [2.45, 2.75) is 13.0 Å². The number of sulfone groups is 1. The first-order chi connectivity index (χ1) is 7.89. The summed E-state index contributed by atoms with van der Waals surface area (Å²) in [6.07, 6.45) is 0. The lowest BCUT2D eigenvalue weighted by atomic mass is 10.3. The zero-order chi connectivity index (χ0) is 12.9. The SMILES string of the molecule is CC(N)CS(=O)(=O)CCOc1cccc(Br)c1. The molecule has 0 aliphatic rings. The first-order valence-corrected chi connectivity index (χ1v) is 7.85. The Morgan fingerprint density at radius 1 is 1.47 bits per heavy atom. The van der Waals surface area contributed by atoms with Gasteiger partial charge in [-0.05, 0) is 25.1 Å². The number of hydrogen-bond donors (Lipinski definition) is 1. The van der Waals surface area contributed by atoms with Gasteiger partial charge in [0.1, 0.15) is 12.4 Å². The van der Waals surface area contributed by atoms with E-state index < -0.39 is 9.84 Å². The number of hydrogen-bond acceptors (Lipinski definition) is 4. The highest BCUT2D eigenvalue weighted by Crippen LogP contribution is 2.17. The molecule has 4 nitrogen and oxygen atoms in total. The molecule has 1 aromatic rings. The van der Waals surface area contributed by atoms with Gasteiger partial charge in [-0.15, -0.1) is 0 Å². The highest BCUT2D eigenvalue weighted by Gasteiger charge is 2.13. The molecule has 0 aliphatic heterocycles. The molecule has 1 rings (SSSR count). The molecule has 0 radical (unpaired) electrons. The largest absolute Gasteiger partial charge is 0.492 e. The van der Waals surface area contributed by atoms with Crippen molar-refractivity contribution < 1.29 is 13.2 Å². The molecular formula is C11H16BrNO3S. The number of benzene rings is 1. The number of rotatable bonds is 6. The number of ether oxygens (including phenoxy) is 1. The second kappa shape index (κ2) is 6.37. The van der Waals surface area contributed by atoms with Crippen LogP contribution in [-0.2, 0) is 9.84 Å². The van der Waals surface area contributed by atoms with Crippen molar-refractivity contribution in [3.8, 4) is 5.75 Å². The summed E-state index contributed by atoms with van der Waals surface area (Å²) in [6, 6.07) is 6.93. The van der Waals surface area contributed by atoms with Gasteiger partial charge in [0.05, 0.1) is 11.5 Å². The monoisotopic (exact) mass is 321 g/mol. The van der Waals surface area contributed by atoms with Gasteiger partial charge in [0.25, 0.3) is 0 Å². The summed E-state index contributed by atoms with van der Waals surface area (Å²) in [6.45, 7) is 1.82. The van der Waals surface area contributed by atoms with E-state index in [2.05, 4.69) is 15.9 Å². The van der Waals surface area contributed by atoms with Crippen LogP contribution in [0.2, 0.25) is 0 Å². The van der Waals surface area contributed by atoms with Crippen molar-refractivity contribution in [1.29, 1.82) is 0 Å². The van der Waals surface area contributed by atoms with Crippen molar-refractivity contribution in [2.24, 2.45) is 5.73 Å². The lowest BCUT2D eigenvalue weighted by molar-refractivity contribution is 0.340. The minimum Gasteiger partial charge on any atom is -0.492 e. The van der Waals surface area contributed by atoms with Gasteiger partial charge in [-0.2, -0.15) is 0 Å². The van der Waals surface area contributed by atoms with E-state index in [1.165, 1.54) is 0 Å². The maximum Gasteiger partial charge on any atom is 0.155 e. The quantitative estimate of drug-likeness (QED) is 0.863. The molecule has 0 saturated carbocycles. The van der Waals surface area contributed by atoms with Crippen LogP contribution in [0.4, 0.5) is 0 Å². The van der Waals surface area contributed by atoms with Crippen LogP contribution in [0, 0.1) is 0 Å². The van der Waals surface area contributed by atoms with Crippen LogP contribution in [-0.4, -0.2) is 32.6 Å². The highest BCUT2D eigenvalue weighted by atomic mass is 79.9. The first-order valence-electron chi connectivity index (χ1n) is 5.23. The van der Waals surface area contributed by atoms with Crippen LogP contribution >= 0.6 is 15.9 Å². The Morgan fingerprint density at radius 3 is 2.76 bits per heavy atom. The third-order valence-corrected chi connectivity index (χ3v) is 4.29. The molecule has 2 N–H and O–H groups in total. The third-order valence-electron chi connectivity index (χ3n) is 1.98. The van der Waals surface area contributed by atoms with E-state index in [9.17, 15) is 8.42 Å². The van der Waals surface area contributed by atoms with Gasteiger partial charge in [0, 0.05) is 10.5 Å². The third kappa shape index (κ3) is 6.05. The zero-order valence-electron chi connectivity index (χ0n) is 9.60. The van der Waals surface area contributed by atoms with Gasteiger partial charge in [0.2, 0.25) is 0 Å². The van der Waals surface area contributed by atoms with Gasteiger partial charge >= 0.3 is 0 Å². The van der Waals surface area contributed by atoms with Gasteiger partial charge in [-0.1, -0.05) is 22.0 Å². The van der Waals surface area contributed by atoms with Crippen molar-refractivity contribution in [2.75, 3.05) is 18.1 Å². The van der Waals surface area contributed by atoms with Crippen molar-refractivity contribution in [3.05, 3.63) is 28.7 Å². The fraction of sp³-hybridized carbons (Fsp3) is 0.455. The minimum absolute atomic E-state index is 0.00511. The Labute approximate surface area is 110 Å². The minimum atomic E-state index is -3.12. The Hall–Kier alpha value is -0.590. The van der Waals surface area contributed by atoms with Crippen LogP contribution in [0.15, 0.2) is 28.7 Å². The van der Waals surface area contributed by atoms with Crippen LogP contribution < -0.4 is 10.5 Å². The summed E-state index contributed by atoms with van der Waals surface area (Å²) in [5.41, 5.74) is 5.46. The second-order valence-electron chi connectivity index (χ2n) is 3.90. The van der Waals surface area contributed by atoms with Crippen LogP contribution in [0.3, 0.4) is 0 Å². The molecule has 0 heterocycles. The van der Waals surface area contributed by atoms with E-state index in [1.807, 2.05) is 12.1 Å². The van der Waals surface area contributed by atoms with E-state index in [4.69, 9.17) is 10.5 Å². The fourth-order valence-electron chi connectivity index (χ4n) is 1.33. The van der Waals surface area contributed by atoms with Gasteiger partial charge in [-0.25, -0.2) is 8.42 Å². The second-order valence-corrected chi connectivity index (χ2v) is 7.04. The van der Waals surface area contributed by atoms with E-state index in [0.717, 1.165) is 4.47 Å². The van der Waals surface area contributed by atoms with Crippen LogP contribution in [0.1, 0.15) is 6.92 Å². The van der Waals surface area contributed by atoms with Gasteiger partial charge in [-0.3, -0.25) is 0 Å². The lowest BCUT2D eigenvalue weighted by Gasteiger charge is -2.09. The highest BCUT2D eigenvalue weighted by molar-refractivity contribution is 9.10. The molecule has 1 aromatic carbocycles. The standard InChI is InChI=1S/C11H16BrNO3S/c1-9(13)8-17(14,15)6-5-16-11-4-2-3-10(12)7-11/h2-4,7,9H,5-6,8,13H2,1H3. The van der Waals surface area contributed by atoms with E-state index >= 15 is 0 Å².